The van der Waals surface area contributed by atoms with Gasteiger partial charge in [0.25, 0.3) is 5.91 Å². The van der Waals surface area contributed by atoms with E-state index in [0.29, 0.717) is 38.5 Å². The van der Waals surface area contributed by atoms with Crippen LogP contribution in [0.2, 0.25) is 10.0 Å². The molecule has 0 bridgehead atoms. The first-order valence-electron chi connectivity index (χ1n) is 8.77. The number of carbonyl (C=O) groups excluding carboxylic acids is 1. The molecule has 152 valence electrons. The van der Waals surface area contributed by atoms with Gasteiger partial charge in [-0.1, -0.05) is 53.0 Å². The molecule has 0 fully saturated rings. The van der Waals surface area contributed by atoms with Gasteiger partial charge < -0.3 is 9.47 Å². The van der Waals surface area contributed by atoms with Crippen LogP contribution in [0, 0.1) is 5.92 Å². The van der Waals surface area contributed by atoms with E-state index in [2.05, 4.69) is 21.0 Å². The SMILES string of the molecule is COc1cc(Br)c(C=C2C(=O)N(c3cc(Cl)cc(Cl)c3)N=C2C(C)C)cc1OC. The summed E-state index contributed by atoms with van der Waals surface area (Å²) in [6.07, 6.45) is 1.79. The van der Waals surface area contributed by atoms with E-state index in [0.717, 1.165) is 10.0 Å². The van der Waals surface area contributed by atoms with Gasteiger partial charge in [0.2, 0.25) is 0 Å². The number of nitrogens with zero attached hydrogens (tertiary/aromatic N) is 2. The molecule has 8 heteroatoms. The molecule has 0 radical (unpaired) electrons. The maximum Gasteiger partial charge on any atom is 0.280 e. The van der Waals surface area contributed by atoms with Crippen LogP contribution in [0.15, 0.2) is 45.5 Å². The Hall–Kier alpha value is -2.02. The van der Waals surface area contributed by atoms with Crippen molar-refractivity contribution in [2.45, 2.75) is 13.8 Å². The van der Waals surface area contributed by atoms with E-state index in [4.69, 9.17) is 32.7 Å². The zero-order valence-electron chi connectivity index (χ0n) is 16.3. The number of amides is 1. The number of benzene rings is 2. The van der Waals surface area contributed by atoms with Crippen molar-refractivity contribution in [2.75, 3.05) is 19.2 Å². The lowest BCUT2D eigenvalue weighted by Crippen LogP contribution is -2.21. The Labute approximate surface area is 188 Å². The summed E-state index contributed by atoms with van der Waals surface area (Å²) in [4.78, 5) is 13.2. The Kier molecular flexibility index (Phi) is 6.56. The highest BCUT2D eigenvalue weighted by Crippen LogP contribution is 2.36. The molecule has 1 aliphatic rings. The number of rotatable bonds is 5. The fraction of sp³-hybridized carbons (Fsp3) is 0.238. The van der Waals surface area contributed by atoms with Gasteiger partial charge in [-0.15, -0.1) is 0 Å². The predicted molar refractivity (Wildman–Crippen MR) is 121 cm³/mol. The summed E-state index contributed by atoms with van der Waals surface area (Å²) in [5, 5.41) is 6.74. The number of ether oxygens (including phenoxy) is 2. The first kappa shape index (κ1) is 21.7. The third-order valence-electron chi connectivity index (χ3n) is 4.35. The van der Waals surface area contributed by atoms with Gasteiger partial charge in [-0.2, -0.15) is 10.1 Å². The van der Waals surface area contributed by atoms with Crippen LogP contribution in [0.3, 0.4) is 0 Å². The predicted octanol–water partition coefficient (Wildman–Crippen LogP) is 6.22. The molecule has 0 saturated heterocycles. The van der Waals surface area contributed by atoms with Gasteiger partial charge in [0, 0.05) is 14.5 Å². The molecule has 29 heavy (non-hydrogen) atoms. The molecule has 0 aromatic heterocycles. The lowest BCUT2D eigenvalue weighted by Gasteiger charge is -2.13. The molecule has 0 N–H and O–H groups in total. The number of hydrogen-bond donors (Lipinski definition) is 0. The number of anilines is 1. The van der Waals surface area contributed by atoms with Crippen LogP contribution in [0.1, 0.15) is 19.4 Å². The molecule has 3 rings (SSSR count). The number of carbonyl (C=O) groups is 1. The van der Waals surface area contributed by atoms with Crippen molar-refractivity contribution in [2.24, 2.45) is 11.0 Å². The molecule has 5 nitrogen and oxygen atoms in total. The van der Waals surface area contributed by atoms with E-state index < -0.39 is 0 Å². The van der Waals surface area contributed by atoms with E-state index in [1.54, 1.807) is 50.6 Å². The number of methoxy groups -OCH3 is 2. The molecular weight excluding hydrogens is 479 g/mol. The Bertz CT molecular complexity index is 1010. The lowest BCUT2D eigenvalue weighted by atomic mass is 9.98. The molecule has 0 unspecified atom stereocenters. The number of hydrogen-bond acceptors (Lipinski definition) is 4. The maximum absolute atomic E-state index is 13.2. The highest BCUT2D eigenvalue weighted by molar-refractivity contribution is 9.10. The summed E-state index contributed by atoms with van der Waals surface area (Å²) in [7, 11) is 3.13. The number of hydrazone groups is 1. The van der Waals surface area contributed by atoms with Crippen molar-refractivity contribution in [3.8, 4) is 11.5 Å². The molecule has 0 spiro atoms. The highest BCUT2D eigenvalue weighted by atomic mass is 79.9. The van der Waals surface area contributed by atoms with E-state index in [1.807, 2.05) is 13.8 Å². The normalized spacial score (nSPS) is 15.3. The van der Waals surface area contributed by atoms with Crippen LogP contribution in [-0.2, 0) is 4.79 Å². The third-order valence-corrected chi connectivity index (χ3v) is 5.47. The quantitative estimate of drug-likeness (QED) is 0.461. The van der Waals surface area contributed by atoms with Gasteiger partial charge >= 0.3 is 0 Å². The van der Waals surface area contributed by atoms with Crippen molar-refractivity contribution in [3.63, 3.8) is 0 Å². The second kappa shape index (κ2) is 8.78. The average molecular weight is 498 g/mol. The second-order valence-corrected chi connectivity index (χ2v) is 8.40. The van der Waals surface area contributed by atoms with Gasteiger partial charge in [0.05, 0.1) is 31.2 Å². The lowest BCUT2D eigenvalue weighted by molar-refractivity contribution is -0.114. The van der Waals surface area contributed by atoms with Gasteiger partial charge in [0.1, 0.15) is 0 Å². The topological polar surface area (TPSA) is 51.1 Å². The van der Waals surface area contributed by atoms with Crippen LogP contribution in [-0.4, -0.2) is 25.8 Å². The fourth-order valence-electron chi connectivity index (χ4n) is 2.97. The summed E-state index contributed by atoms with van der Waals surface area (Å²) in [5.74, 6) is 0.930. The van der Waals surface area contributed by atoms with E-state index in [1.165, 1.54) is 5.01 Å². The Morgan fingerprint density at radius 2 is 1.62 bits per heavy atom. The van der Waals surface area contributed by atoms with Crippen LogP contribution >= 0.6 is 39.1 Å². The first-order chi connectivity index (χ1) is 13.7. The zero-order chi connectivity index (χ0) is 21.3. The largest absolute Gasteiger partial charge is 0.493 e. The van der Waals surface area contributed by atoms with Crippen molar-refractivity contribution in [3.05, 3.63) is 56.0 Å². The molecule has 1 amide bonds. The van der Waals surface area contributed by atoms with Crippen LogP contribution in [0.5, 0.6) is 11.5 Å². The van der Waals surface area contributed by atoms with E-state index >= 15 is 0 Å². The third kappa shape index (κ3) is 4.44. The van der Waals surface area contributed by atoms with Gasteiger partial charge in [-0.3, -0.25) is 4.79 Å². The highest BCUT2D eigenvalue weighted by Gasteiger charge is 2.33. The first-order valence-corrected chi connectivity index (χ1v) is 10.3. The van der Waals surface area contributed by atoms with Crippen molar-refractivity contribution in [1.29, 1.82) is 0 Å². The Morgan fingerprint density at radius 1 is 1.03 bits per heavy atom. The minimum atomic E-state index is -0.256. The standard InChI is InChI=1S/C21H19BrCl2N2O3/c1-11(2)20-16(5-12-6-18(28-3)19(29-4)10-17(12)22)21(27)26(25-20)15-8-13(23)7-14(24)9-15/h5-11H,1-4H3. The van der Waals surface area contributed by atoms with Gasteiger partial charge in [-0.05, 0) is 47.9 Å². The molecule has 1 heterocycles. The minimum Gasteiger partial charge on any atom is -0.493 e. The molecule has 0 atom stereocenters. The summed E-state index contributed by atoms with van der Waals surface area (Å²) >= 11 is 15.7. The number of halogens is 3. The monoisotopic (exact) mass is 496 g/mol. The minimum absolute atomic E-state index is 0.0313. The average Bonchev–Trinajstić information content (AvgIpc) is 2.99. The molecule has 1 aliphatic heterocycles. The van der Waals surface area contributed by atoms with E-state index in [9.17, 15) is 4.79 Å². The van der Waals surface area contributed by atoms with Crippen molar-refractivity contribution < 1.29 is 14.3 Å². The fourth-order valence-corrected chi connectivity index (χ4v) is 3.92. The summed E-state index contributed by atoms with van der Waals surface area (Å²) < 4.78 is 11.5. The van der Waals surface area contributed by atoms with Crippen molar-refractivity contribution in [1.82, 2.24) is 0 Å². The molecule has 2 aromatic carbocycles. The summed E-state index contributed by atoms with van der Waals surface area (Å²) in [5.41, 5.74) is 2.45. The van der Waals surface area contributed by atoms with Crippen LogP contribution in [0.25, 0.3) is 6.08 Å². The van der Waals surface area contributed by atoms with Crippen molar-refractivity contribution >= 4 is 62.5 Å². The Balaban J connectivity index is 2.10. The molecular formula is C21H19BrCl2N2O3. The van der Waals surface area contributed by atoms with Gasteiger partial charge in [0.15, 0.2) is 11.5 Å². The Morgan fingerprint density at radius 3 is 2.17 bits per heavy atom. The van der Waals surface area contributed by atoms with Crippen LogP contribution < -0.4 is 14.5 Å². The maximum atomic E-state index is 13.2. The van der Waals surface area contributed by atoms with E-state index in [-0.39, 0.29) is 11.8 Å². The summed E-state index contributed by atoms with van der Waals surface area (Å²) in [6, 6.07) is 8.52. The zero-order valence-corrected chi connectivity index (χ0v) is 19.4. The molecule has 0 aliphatic carbocycles. The molecule has 2 aromatic rings. The molecule has 0 saturated carbocycles. The van der Waals surface area contributed by atoms with Crippen LogP contribution in [0.4, 0.5) is 5.69 Å². The summed E-state index contributed by atoms with van der Waals surface area (Å²) in [6.45, 7) is 3.97. The smallest absolute Gasteiger partial charge is 0.280 e. The van der Waals surface area contributed by atoms with Gasteiger partial charge in [-0.25, -0.2) is 0 Å². The second-order valence-electron chi connectivity index (χ2n) is 6.67.